The van der Waals surface area contributed by atoms with Gasteiger partial charge in [0, 0.05) is 24.8 Å². The van der Waals surface area contributed by atoms with Gasteiger partial charge in [0.1, 0.15) is 0 Å². The molecule has 1 aliphatic rings. The maximum absolute atomic E-state index is 11.8. The maximum Gasteiger partial charge on any atom is 0.322 e. The number of ether oxygens (including phenoxy) is 1. The number of hydrogen-bond acceptors (Lipinski definition) is 5. The van der Waals surface area contributed by atoms with Gasteiger partial charge in [0.25, 0.3) is 0 Å². The third-order valence-electron chi connectivity index (χ3n) is 3.54. The quantitative estimate of drug-likeness (QED) is 0.785. The third kappa shape index (κ3) is 4.44. The molecule has 21 heavy (non-hydrogen) atoms. The van der Waals surface area contributed by atoms with Gasteiger partial charge in [-0.1, -0.05) is 18.2 Å². The van der Waals surface area contributed by atoms with E-state index in [2.05, 4.69) is 14.4 Å². The molecule has 0 amide bonds. The molecule has 1 aliphatic heterocycles. The molecular weight excluding hydrogens is 292 g/mol. The minimum atomic E-state index is -3.64. The number of carbonyl (C=O) groups excluding carboxylic acids is 1. The molecule has 116 valence electrons. The first-order valence-electron chi connectivity index (χ1n) is 6.87. The summed E-state index contributed by atoms with van der Waals surface area (Å²) in [5.41, 5.74) is 1.09. The van der Waals surface area contributed by atoms with E-state index in [4.69, 9.17) is 0 Å². The first kappa shape index (κ1) is 15.8. The Labute approximate surface area is 125 Å². The topological polar surface area (TPSA) is 75.7 Å². The Morgan fingerprint density at radius 1 is 1.38 bits per heavy atom. The molecule has 1 N–H and O–H groups in total. The number of nitrogens with zero attached hydrogens (tertiary/aromatic N) is 1. The van der Waals surface area contributed by atoms with Crippen molar-refractivity contribution in [2.75, 3.05) is 30.9 Å². The average molecular weight is 312 g/mol. The second-order valence-corrected chi connectivity index (χ2v) is 6.82. The van der Waals surface area contributed by atoms with Crippen molar-refractivity contribution in [3.05, 3.63) is 30.3 Å². The maximum atomic E-state index is 11.8. The van der Waals surface area contributed by atoms with Gasteiger partial charge in [-0.25, -0.2) is 13.1 Å². The van der Waals surface area contributed by atoms with E-state index in [9.17, 15) is 13.2 Å². The van der Waals surface area contributed by atoms with Crippen molar-refractivity contribution < 1.29 is 17.9 Å². The lowest BCUT2D eigenvalue weighted by molar-refractivity contribution is -0.137. The van der Waals surface area contributed by atoms with Gasteiger partial charge in [-0.05, 0) is 25.0 Å². The Kier molecular flexibility index (Phi) is 5.19. The Balaban J connectivity index is 1.95. The van der Waals surface area contributed by atoms with Crippen LogP contribution in [-0.4, -0.2) is 46.4 Å². The van der Waals surface area contributed by atoms with Crippen LogP contribution in [0.15, 0.2) is 30.3 Å². The van der Waals surface area contributed by atoms with Crippen molar-refractivity contribution in [1.82, 2.24) is 4.72 Å². The molecule has 0 aromatic heterocycles. The van der Waals surface area contributed by atoms with E-state index in [0.717, 1.165) is 25.1 Å². The van der Waals surface area contributed by atoms with Crippen molar-refractivity contribution in [1.29, 1.82) is 0 Å². The highest BCUT2D eigenvalue weighted by atomic mass is 32.2. The molecule has 0 saturated carbocycles. The van der Waals surface area contributed by atoms with Crippen LogP contribution in [0.4, 0.5) is 5.69 Å². The highest BCUT2D eigenvalue weighted by molar-refractivity contribution is 7.90. The van der Waals surface area contributed by atoms with Gasteiger partial charge in [0.15, 0.2) is 5.75 Å². The Morgan fingerprint density at radius 3 is 2.76 bits per heavy atom. The summed E-state index contributed by atoms with van der Waals surface area (Å²) in [6.45, 7) is 1.21. The van der Waals surface area contributed by atoms with E-state index in [1.165, 1.54) is 7.11 Å². The molecule has 1 aromatic rings. The fraction of sp³-hybridized carbons (Fsp3) is 0.500. The highest BCUT2D eigenvalue weighted by Crippen LogP contribution is 2.24. The van der Waals surface area contributed by atoms with E-state index in [0.29, 0.717) is 6.54 Å². The fourth-order valence-corrected chi connectivity index (χ4v) is 3.47. The zero-order valence-electron chi connectivity index (χ0n) is 12.0. The molecule has 0 aliphatic carbocycles. The number of anilines is 1. The normalized spacial score (nSPS) is 18.7. The number of rotatable bonds is 6. The van der Waals surface area contributed by atoms with Crippen LogP contribution in [0.1, 0.15) is 12.8 Å². The monoisotopic (exact) mass is 312 g/mol. The molecule has 1 heterocycles. The molecule has 1 saturated heterocycles. The van der Waals surface area contributed by atoms with Gasteiger partial charge in [0.05, 0.1) is 7.11 Å². The summed E-state index contributed by atoms with van der Waals surface area (Å²) in [5.74, 6) is -1.39. The summed E-state index contributed by atoms with van der Waals surface area (Å²) in [6.07, 6.45) is 1.95. The van der Waals surface area contributed by atoms with Crippen LogP contribution in [0.2, 0.25) is 0 Å². The number of nitrogens with one attached hydrogen (secondary N) is 1. The number of para-hydroxylation sites is 1. The molecule has 0 unspecified atom stereocenters. The smallest absolute Gasteiger partial charge is 0.322 e. The summed E-state index contributed by atoms with van der Waals surface area (Å²) >= 11 is 0. The van der Waals surface area contributed by atoms with Crippen LogP contribution >= 0.6 is 0 Å². The predicted octanol–water partition coefficient (Wildman–Crippen LogP) is 0.748. The first-order valence-corrected chi connectivity index (χ1v) is 8.53. The Hall–Kier alpha value is -1.60. The van der Waals surface area contributed by atoms with Crippen LogP contribution in [0.25, 0.3) is 0 Å². The summed E-state index contributed by atoms with van der Waals surface area (Å²) in [7, 11) is -2.46. The van der Waals surface area contributed by atoms with Crippen LogP contribution in [-0.2, 0) is 19.6 Å². The summed E-state index contributed by atoms with van der Waals surface area (Å²) < 4.78 is 30.4. The molecule has 2 rings (SSSR count). The minimum Gasteiger partial charge on any atom is -0.468 e. The van der Waals surface area contributed by atoms with Gasteiger partial charge < -0.3 is 9.64 Å². The van der Waals surface area contributed by atoms with Crippen LogP contribution < -0.4 is 9.62 Å². The molecule has 0 spiro atoms. The lowest BCUT2D eigenvalue weighted by Gasteiger charge is -2.26. The molecule has 1 fully saturated rings. The number of sulfonamides is 1. The van der Waals surface area contributed by atoms with E-state index in [1.807, 2.05) is 30.3 Å². The zero-order valence-corrected chi connectivity index (χ0v) is 12.8. The number of carbonyl (C=O) groups is 1. The lowest BCUT2D eigenvalue weighted by atomic mass is 10.2. The van der Waals surface area contributed by atoms with Gasteiger partial charge >= 0.3 is 5.97 Å². The summed E-state index contributed by atoms with van der Waals surface area (Å²) in [6, 6.07) is 10.0. The van der Waals surface area contributed by atoms with Gasteiger partial charge in [-0.15, -0.1) is 0 Å². The number of hydrogen-bond donors (Lipinski definition) is 1. The zero-order chi connectivity index (χ0) is 15.3. The lowest BCUT2D eigenvalue weighted by Crippen LogP contribution is -2.41. The van der Waals surface area contributed by atoms with Crippen molar-refractivity contribution in [2.24, 2.45) is 0 Å². The van der Waals surface area contributed by atoms with Crippen molar-refractivity contribution in [3.63, 3.8) is 0 Å². The summed E-state index contributed by atoms with van der Waals surface area (Å²) in [4.78, 5) is 13.3. The van der Waals surface area contributed by atoms with E-state index < -0.39 is 21.7 Å². The molecular formula is C14H20N2O4S. The largest absolute Gasteiger partial charge is 0.468 e. The van der Waals surface area contributed by atoms with Gasteiger partial charge in [-0.2, -0.15) is 0 Å². The molecule has 1 aromatic carbocycles. The highest BCUT2D eigenvalue weighted by Gasteiger charge is 2.26. The molecule has 7 heteroatoms. The number of esters is 1. The average Bonchev–Trinajstić information content (AvgIpc) is 2.94. The minimum absolute atomic E-state index is 0.111. The number of methoxy groups -OCH3 is 1. The Morgan fingerprint density at radius 2 is 2.10 bits per heavy atom. The first-order chi connectivity index (χ1) is 10.0. The fourth-order valence-electron chi connectivity index (χ4n) is 2.50. The summed E-state index contributed by atoms with van der Waals surface area (Å²) in [5, 5.41) is 0. The van der Waals surface area contributed by atoms with Crippen LogP contribution in [0, 0.1) is 0 Å². The van der Waals surface area contributed by atoms with E-state index in [-0.39, 0.29) is 6.04 Å². The second kappa shape index (κ2) is 6.91. The van der Waals surface area contributed by atoms with Crippen molar-refractivity contribution in [2.45, 2.75) is 18.9 Å². The number of benzene rings is 1. The van der Waals surface area contributed by atoms with Gasteiger partial charge in [-0.3, -0.25) is 4.79 Å². The molecule has 0 bridgehead atoms. The predicted molar refractivity (Wildman–Crippen MR) is 80.6 cm³/mol. The second-order valence-electron chi connectivity index (χ2n) is 5.01. The molecule has 0 radical (unpaired) electrons. The Bertz CT molecular complexity index is 574. The van der Waals surface area contributed by atoms with Gasteiger partial charge in [0.2, 0.25) is 10.0 Å². The van der Waals surface area contributed by atoms with Crippen LogP contribution in [0.5, 0.6) is 0 Å². The van der Waals surface area contributed by atoms with Crippen molar-refractivity contribution in [3.8, 4) is 0 Å². The molecule has 1 atom stereocenters. The SMILES string of the molecule is COC(=O)CS(=O)(=O)NC[C@H]1CCCN1c1ccccc1. The van der Waals surface area contributed by atoms with Crippen LogP contribution in [0.3, 0.4) is 0 Å². The van der Waals surface area contributed by atoms with E-state index in [1.54, 1.807) is 0 Å². The molecule has 6 nitrogen and oxygen atoms in total. The third-order valence-corrected chi connectivity index (χ3v) is 4.76. The standard InChI is InChI=1S/C14H20N2O4S/c1-20-14(17)11-21(18,19)15-10-13-8-5-9-16(13)12-6-3-2-4-7-12/h2-4,6-7,13,15H,5,8-11H2,1H3/t13-/m1/s1. The van der Waals surface area contributed by atoms with Crippen molar-refractivity contribution >= 4 is 21.7 Å². The van der Waals surface area contributed by atoms with E-state index >= 15 is 0 Å².